The van der Waals surface area contributed by atoms with Gasteiger partial charge in [0.05, 0.1) is 55.5 Å². The van der Waals surface area contributed by atoms with Crippen LogP contribution in [0.3, 0.4) is 0 Å². The van der Waals surface area contributed by atoms with Crippen molar-refractivity contribution in [2.24, 2.45) is 0 Å². The molecule has 9 heteroatoms. The van der Waals surface area contributed by atoms with E-state index in [-0.39, 0.29) is 11.6 Å². The molecule has 0 bridgehead atoms. The maximum Gasteiger partial charge on any atom is 0.240 e. The molecule has 0 unspecified atom stereocenters. The van der Waals surface area contributed by atoms with Gasteiger partial charge in [-0.15, -0.1) is 0 Å². The van der Waals surface area contributed by atoms with Crippen LogP contribution in [-0.4, -0.2) is 33.2 Å². The van der Waals surface area contributed by atoms with Gasteiger partial charge in [-0.2, -0.15) is 15.0 Å². The van der Waals surface area contributed by atoms with Crippen molar-refractivity contribution in [3.8, 4) is 45.8 Å². The van der Waals surface area contributed by atoms with Gasteiger partial charge in [0.15, 0.2) is 5.82 Å². The monoisotopic (exact) mass is 929 g/mol. The van der Waals surface area contributed by atoms with Crippen LogP contribution in [0.25, 0.3) is 133 Å². The van der Waals surface area contributed by atoms with Crippen molar-refractivity contribution < 1.29 is 8.78 Å². The van der Waals surface area contributed by atoms with Crippen LogP contribution in [0, 0.1) is 11.6 Å². The largest absolute Gasteiger partial charge is 0.306 e. The zero-order valence-electron chi connectivity index (χ0n) is 38.2. The van der Waals surface area contributed by atoms with E-state index in [0.29, 0.717) is 29.1 Å². The lowest BCUT2D eigenvalue weighted by molar-refractivity contribution is 0.620. The number of para-hydroxylation sites is 6. The number of nitrogens with zero attached hydrogens (tertiary/aromatic N) is 7. The predicted octanol–water partition coefficient (Wildman–Crippen LogP) is 15.9. The molecule has 15 aromatic rings. The molecular weight excluding hydrogens is 893 g/mol. The Morgan fingerprint density at radius 2 is 0.653 bits per heavy atom. The van der Waals surface area contributed by atoms with Crippen molar-refractivity contribution in [1.82, 2.24) is 33.2 Å². The highest BCUT2D eigenvalue weighted by molar-refractivity contribution is 6.29. The topological polar surface area (TPSA) is 58.4 Å². The molecule has 0 atom stereocenters. The van der Waals surface area contributed by atoms with Crippen molar-refractivity contribution in [1.29, 1.82) is 0 Å². The van der Waals surface area contributed by atoms with Gasteiger partial charge in [-0.1, -0.05) is 152 Å². The molecule has 338 valence electrons. The van der Waals surface area contributed by atoms with Crippen LogP contribution in [0.4, 0.5) is 8.78 Å². The second-order valence-corrected chi connectivity index (χ2v) is 18.3. The first-order chi connectivity index (χ1) is 35.6. The molecule has 5 aromatic heterocycles. The summed E-state index contributed by atoms with van der Waals surface area (Å²) in [6.45, 7) is 0. The van der Waals surface area contributed by atoms with Crippen LogP contribution in [0.5, 0.6) is 0 Å². The summed E-state index contributed by atoms with van der Waals surface area (Å²) in [6, 6.07) is 74.1. The smallest absolute Gasteiger partial charge is 0.240 e. The van der Waals surface area contributed by atoms with E-state index < -0.39 is 0 Å². The van der Waals surface area contributed by atoms with Crippen molar-refractivity contribution in [2.75, 3.05) is 0 Å². The Morgan fingerprint density at radius 1 is 0.264 bits per heavy atom. The molecule has 0 N–H and O–H groups in total. The number of hydrogen-bond donors (Lipinski definition) is 0. The molecule has 0 saturated carbocycles. The molecule has 0 amide bonds. The highest BCUT2D eigenvalue weighted by atomic mass is 19.1. The molecule has 72 heavy (non-hydrogen) atoms. The van der Waals surface area contributed by atoms with E-state index in [4.69, 9.17) is 15.0 Å². The Hall–Kier alpha value is -9.73. The summed E-state index contributed by atoms with van der Waals surface area (Å²) in [6.07, 6.45) is 0. The zero-order chi connectivity index (χ0) is 47.6. The summed E-state index contributed by atoms with van der Waals surface area (Å²) in [5.41, 5.74) is 11.1. The molecule has 7 nitrogen and oxygen atoms in total. The summed E-state index contributed by atoms with van der Waals surface area (Å²) in [7, 11) is 0. The van der Waals surface area contributed by atoms with Gasteiger partial charge in [-0.25, -0.2) is 8.78 Å². The van der Waals surface area contributed by atoms with Gasteiger partial charge in [0, 0.05) is 48.7 Å². The van der Waals surface area contributed by atoms with Gasteiger partial charge >= 0.3 is 0 Å². The third-order valence-corrected chi connectivity index (χ3v) is 14.4. The molecule has 0 fully saturated rings. The van der Waals surface area contributed by atoms with Gasteiger partial charge < -0.3 is 9.13 Å². The van der Waals surface area contributed by atoms with E-state index in [0.717, 1.165) is 104 Å². The molecule has 0 aliphatic carbocycles. The van der Waals surface area contributed by atoms with E-state index >= 15 is 8.78 Å². The van der Waals surface area contributed by atoms with E-state index in [1.807, 2.05) is 94.1 Å². The van der Waals surface area contributed by atoms with Gasteiger partial charge in [-0.05, 0) is 83.9 Å². The first-order valence-corrected chi connectivity index (χ1v) is 23.9. The first-order valence-electron chi connectivity index (χ1n) is 23.9. The highest BCUT2D eigenvalue weighted by Gasteiger charge is 2.26. The lowest BCUT2D eigenvalue weighted by Gasteiger charge is -2.13. The molecule has 5 heterocycles. The molecule has 0 radical (unpaired) electrons. The highest BCUT2D eigenvalue weighted by Crippen LogP contribution is 2.44. The van der Waals surface area contributed by atoms with Crippen molar-refractivity contribution in [3.63, 3.8) is 0 Å². The molecule has 0 aliphatic rings. The van der Waals surface area contributed by atoms with Crippen molar-refractivity contribution in [2.45, 2.75) is 0 Å². The van der Waals surface area contributed by atoms with E-state index in [1.165, 1.54) is 12.1 Å². The number of fused-ring (bicyclic) bond motifs is 13. The summed E-state index contributed by atoms with van der Waals surface area (Å²) in [4.78, 5) is 16.3. The van der Waals surface area contributed by atoms with Crippen LogP contribution in [-0.2, 0) is 0 Å². The second kappa shape index (κ2) is 15.4. The van der Waals surface area contributed by atoms with E-state index in [1.54, 1.807) is 12.1 Å². The van der Waals surface area contributed by atoms with Crippen molar-refractivity contribution in [3.05, 3.63) is 236 Å². The van der Waals surface area contributed by atoms with Gasteiger partial charge in [0.2, 0.25) is 11.9 Å². The molecular formula is C63H37F2N7. The fraction of sp³-hybridized carbons (Fsp3) is 0. The standard InChI is InChI=1S/C63H37F2N7/c64-47-22-8-14-28-53(47)69-51-26-12-6-20-43(51)59-55(69)34-35-56-60(59)44-21-7-13-27-52(44)71(56)62-66-61(40-32-30-39(31-33-40)38-16-2-1-3-17-38)67-63(68-62)72-50-25-11-5-19-42(50)46-36-45-41-18-4-10-24-49(41)70(57(45)37-58(46)72)54-29-15-9-23-48(54)65/h1-37H. The number of rotatable bonds is 6. The molecule has 15 rings (SSSR count). The van der Waals surface area contributed by atoms with Gasteiger partial charge in [-0.3, -0.25) is 9.13 Å². The Balaban J connectivity index is 1.04. The summed E-state index contributed by atoms with van der Waals surface area (Å²) in [5, 5.41) is 8.08. The average molecular weight is 930 g/mol. The van der Waals surface area contributed by atoms with Crippen LogP contribution >= 0.6 is 0 Å². The Kier molecular flexibility index (Phi) is 8.59. The minimum Gasteiger partial charge on any atom is -0.306 e. The molecule has 0 spiro atoms. The number of benzene rings is 10. The fourth-order valence-corrected chi connectivity index (χ4v) is 11.3. The van der Waals surface area contributed by atoms with E-state index in [9.17, 15) is 0 Å². The van der Waals surface area contributed by atoms with Crippen LogP contribution < -0.4 is 0 Å². The predicted molar refractivity (Wildman–Crippen MR) is 288 cm³/mol. The normalized spacial score (nSPS) is 12.0. The lowest BCUT2D eigenvalue weighted by Crippen LogP contribution is -2.10. The van der Waals surface area contributed by atoms with Crippen LogP contribution in [0.2, 0.25) is 0 Å². The summed E-state index contributed by atoms with van der Waals surface area (Å²) < 4.78 is 40.1. The Morgan fingerprint density at radius 3 is 1.22 bits per heavy atom. The average Bonchev–Trinajstić information content (AvgIpc) is 4.16. The zero-order valence-corrected chi connectivity index (χ0v) is 38.2. The maximum atomic E-state index is 15.9. The molecule has 0 saturated heterocycles. The van der Waals surface area contributed by atoms with Crippen LogP contribution in [0.15, 0.2) is 224 Å². The SMILES string of the molecule is Fc1ccccc1-n1c2ccccc2c2cc3c4ccccc4n(-c4nc(-c5ccc(-c6ccccc6)cc5)nc(-n5c6ccccc6c6c7c8ccccc8n(-c8ccccc8F)c7ccc65)n4)c3cc21. The molecule has 10 aromatic carbocycles. The summed E-state index contributed by atoms with van der Waals surface area (Å²) in [5.74, 6) is 0.725. The van der Waals surface area contributed by atoms with Gasteiger partial charge in [0.1, 0.15) is 11.6 Å². The minimum atomic E-state index is -0.314. The minimum absolute atomic E-state index is 0.302. The second-order valence-electron chi connectivity index (χ2n) is 18.3. The number of aromatic nitrogens is 7. The first kappa shape index (κ1) is 40.2. The van der Waals surface area contributed by atoms with Crippen LogP contribution in [0.1, 0.15) is 0 Å². The lowest BCUT2D eigenvalue weighted by atomic mass is 10.0. The van der Waals surface area contributed by atoms with Crippen molar-refractivity contribution >= 4 is 87.2 Å². The maximum absolute atomic E-state index is 15.9. The fourth-order valence-electron chi connectivity index (χ4n) is 11.3. The number of halogens is 2. The molecule has 0 aliphatic heterocycles. The third-order valence-electron chi connectivity index (χ3n) is 14.4. The third kappa shape index (κ3) is 5.79. The number of hydrogen-bond acceptors (Lipinski definition) is 3. The Bertz CT molecular complexity index is 4710. The van der Waals surface area contributed by atoms with E-state index in [2.05, 4.69) is 124 Å². The Labute approximate surface area is 409 Å². The van der Waals surface area contributed by atoms with Gasteiger partial charge in [0.25, 0.3) is 0 Å². The summed E-state index contributed by atoms with van der Waals surface area (Å²) >= 11 is 0. The quantitative estimate of drug-likeness (QED) is 0.167.